The van der Waals surface area contributed by atoms with Crippen LogP contribution in [-0.4, -0.2) is 46.3 Å². The lowest BCUT2D eigenvalue weighted by molar-refractivity contribution is -0.384. The number of hydrogen-bond acceptors (Lipinski definition) is 4. The predicted octanol–water partition coefficient (Wildman–Crippen LogP) is 3.26. The first-order chi connectivity index (χ1) is 13.1. The summed E-state index contributed by atoms with van der Waals surface area (Å²) in [6.07, 6.45) is 3.15. The highest BCUT2D eigenvalue weighted by Gasteiger charge is 2.30. The van der Waals surface area contributed by atoms with Gasteiger partial charge in [-0.05, 0) is 42.5 Å². The van der Waals surface area contributed by atoms with Crippen molar-refractivity contribution in [3.63, 3.8) is 0 Å². The predicted molar refractivity (Wildman–Crippen MR) is 103 cm³/mol. The Hall–Kier alpha value is -2.73. The minimum Gasteiger partial charge on any atom is -0.337 e. The third kappa shape index (κ3) is 3.71. The molecule has 1 atom stereocenters. The van der Waals surface area contributed by atoms with Crippen LogP contribution >= 0.6 is 0 Å². The molecule has 4 rings (SSSR count). The molecule has 0 saturated carbocycles. The van der Waals surface area contributed by atoms with Gasteiger partial charge in [0.15, 0.2) is 0 Å². The van der Waals surface area contributed by atoms with E-state index in [-0.39, 0.29) is 11.6 Å². The largest absolute Gasteiger partial charge is 0.337 e. The van der Waals surface area contributed by atoms with Gasteiger partial charge in [-0.25, -0.2) is 0 Å². The minimum atomic E-state index is -0.445. The van der Waals surface area contributed by atoms with Crippen LogP contribution < -0.4 is 0 Å². The van der Waals surface area contributed by atoms with Crippen molar-refractivity contribution in [2.75, 3.05) is 19.6 Å². The number of amides is 1. The van der Waals surface area contributed by atoms with Crippen molar-refractivity contribution in [1.82, 2.24) is 9.80 Å². The summed E-state index contributed by atoms with van der Waals surface area (Å²) in [6, 6.07) is 14.9. The first-order valence-electron chi connectivity index (χ1n) is 9.46. The van der Waals surface area contributed by atoms with E-state index in [0.717, 1.165) is 45.4 Å². The molecule has 2 aromatic carbocycles. The molecule has 0 unspecified atom stereocenters. The molecule has 0 aliphatic carbocycles. The Morgan fingerprint density at radius 3 is 2.52 bits per heavy atom. The molecule has 1 fully saturated rings. The first kappa shape index (κ1) is 17.7. The zero-order chi connectivity index (χ0) is 18.8. The summed E-state index contributed by atoms with van der Waals surface area (Å²) in [6.45, 7) is 3.44. The van der Waals surface area contributed by atoms with Gasteiger partial charge < -0.3 is 4.90 Å². The third-order valence-electron chi connectivity index (χ3n) is 5.69. The van der Waals surface area contributed by atoms with Crippen LogP contribution in [0, 0.1) is 10.1 Å². The van der Waals surface area contributed by atoms with Gasteiger partial charge in [-0.3, -0.25) is 19.8 Å². The maximum atomic E-state index is 12.8. The summed E-state index contributed by atoms with van der Waals surface area (Å²) in [4.78, 5) is 27.6. The van der Waals surface area contributed by atoms with Gasteiger partial charge in [0.1, 0.15) is 0 Å². The van der Waals surface area contributed by atoms with Crippen molar-refractivity contribution in [1.29, 1.82) is 0 Å². The van der Waals surface area contributed by atoms with E-state index in [1.165, 1.54) is 23.3 Å². The Kier molecular flexibility index (Phi) is 4.90. The Morgan fingerprint density at radius 1 is 1.04 bits per heavy atom. The van der Waals surface area contributed by atoms with Crippen LogP contribution in [0.1, 0.15) is 34.3 Å². The summed E-state index contributed by atoms with van der Waals surface area (Å²) >= 11 is 0. The SMILES string of the molecule is O=C(c1ccc([N+](=O)[O-])cc1)N1CCC[C@H](N2CCc3ccccc3C2)C1. The number of fused-ring (bicyclic) bond motifs is 1. The van der Waals surface area contributed by atoms with Crippen molar-refractivity contribution in [2.45, 2.75) is 31.8 Å². The zero-order valence-electron chi connectivity index (χ0n) is 15.2. The number of non-ortho nitro benzene ring substituents is 1. The Morgan fingerprint density at radius 2 is 1.78 bits per heavy atom. The average molecular weight is 365 g/mol. The van der Waals surface area contributed by atoms with Gasteiger partial charge in [0.2, 0.25) is 0 Å². The lowest BCUT2D eigenvalue weighted by Gasteiger charge is -2.41. The van der Waals surface area contributed by atoms with Gasteiger partial charge in [0, 0.05) is 49.9 Å². The molecule has 6 heteroatoms. The van der Waals surface area contributed by atoms with Gasteiger partial charge in [0.05, 0.1) is 4.92 Å². The van der Waals surface area contributed by atoms with Crippen LogP contribution in [0.2, 0.25) is 0 Å². The molecule has 0 radical (unpaired) electrons. The normalized spacial score (nSPS) is 20.1. The fourth-order valence-corrected chi connectivity index (χ4v) is 4.17. The Balaban J connectivity index is 1.43. The van der Waals surface area contributed by atoms with E-state index in [4.69, 9.17) is 0 Å². The highest BCUT2D eigenvalue weighted by molar-refractivity contribution is 5.94. The summed E-state index contributed by atoms with van der Waals surface area (Å²) in [5.41, 5.74) is 3.35. The smallest absolute Gasteiger partial charge is 0.269 e. The van der Waals surface area contributed by atoms with E-state index in [1.807, 2.05) is 4.90 Å². The number of benzene rings is 2. The highest BCUT2D eigenvalue weighted by atomic mass is 16.6. The molecule has 0 spiro atoms. The number of piperidine rings is 1. The number of carbonyl (C=O) groups is 1. The van der Waals surface area contributed by atoms with Crippen molar-refractivity contribution >= 4 is 11.6 Å². The molecule has 0 bridgehead atoms. The lowest BCUT2D eigenvalue weighted by Crippen LogP contribution is -2.51. The molecular formula is C21H23N3O3. The highest BCUT2D eigenvalue weighted by Crippen LogP contribution is 2.25. The summed E-state index contributed by atoms with van der Waals surface area (Å²) in [5, 5.41) is 10.8. The maximum Gasteiger partial charge on any atom is 0.269 e. The number of nitro groups is 1. The van der Waals surface area contributed by atoms with E-state index >= 15 is 0 Å². The minimum absolute atomic E-state index is 0.00931. The molecule has 2 aromatic rings. The summed E-state index contributed by atoms with van der Waals surface area (Å²) in [7, 11) is 0. The van der Waals surface area contributed by atoms with Crippen molar-refractivity contribution in [3.8, 4) is 0 Å². The molecular weight excluding hydrogens is 342 g/mol. The fraction of sp³-hybridized carbons (Fsp3) is 0.381. The quantitative estimate of drug-likeness (QED) is 0.619. The molecule has 2 heterocycles. The van der Waals surface area contributed by atoms with Crippen LogP contribution in [0.3, 0.4) is 0 Å². The molecule has 1 amide bonds. The summed E-state index contributed by atoms with van der Waals surface area (Å²) in [5.74, 6) is -0.0352. The number of hydrogen-bond donors (Lipinski definition) is 0. The van der Waals surface area contributed by atoms with Crippen molar-refractivity contribution in [2.24, 2.45) is 0 Å². The topological polar surface area (TPSA) is 66.7 Å². The molecule has 6 nitrogen and oxygen atoms in total. The molecule has 0 aromatic heterocycles. The Labute approximate surface area is 158 Å². The summed E-state index contributed by atoms with van der Waals surface area (Å²) < 4.78 is 0. The van der Waals surface area contributed by atoms with Gasteiger partial charge in [-0.2, -0.15) is 0 Å². The van der Waals surface area contributed by atoms with Crippen molar-refractivity contribution in [3.05, 3.63) is 75.3 Å². The second kappa shape index (κ2) is 7.48. The number of rotatable bonds is 3. The van der Waals surface area contributed by atoms with E-state index < -0.39 is 4.92 Å². The third-order valence-corrected chi connectivity index (χ3v) is 5.69. The molecule has 27 heavy (non-hydrogen) atoms. The second-order valence-electron chi connectivity index (χ2n) is 7.34. The van der Waals surface area contributed by atoms with Crippen LogP contribution in [0.5, 0.6) is 0 Å². The standard InChI is InChI=1S/C21H23N3O3/c25-21(17-7-9-19(10-8-17)24(26)27)23-12-3-6-20(15-23)22-13-11-16-4-1-2-5-18(16)14-22/h1-2,4-5,7-10,20H,3,6,11-15H2/t20-/m0/s1. The monoisotopic (exact) mass is 365 g/mol. The van der Waals surface area contributed by atoms with Gasteiger partial charge in [-0.15, -0.1) is 0 Å². The molecule has 1 saturated heterocycles. The number of likely N-dealkylation sites (tertiary alicyclic amines) is 1. The van der Waals surface area contributed by atoms with Crippen molar-refractivity contribution < 1.29 is 9.72 Å². The van der Waals surface area contributed by atoms with Crippen LogP contribution in [0.25, 0.3) is 0 Å². The van der Waals surface area contributed by atoms with E-state index in [1.54, 1.807) is 12.1 Å². The van der Waals surface area contributed by atoms with Gasteiger partial charge >= 0.3 is 0 Å². The first-order valence-corrected chi connectivity index (χ1v) is 9.46. The van der Waals surface area contributed by atoms with Crippen LogP contribution in [0.4, 0.5) is 5.69 Å². The van der Waals surface area contributed by atoms with E-state index in [2.05, 4.69) is 29.2 Å². The number of nitrogens with zero attached hydrogens (tertiary/aromatic N) is 3. The molecule has 0 N–H and O–H groups in total. The van der Waals surface area contributed by atoms with E-state index in [9.17, 15) is 14.9 Å². The molecule has 140 valence electrons. The Bertz CT molecular complexity index is 850. The molecule has 2 aliphatic rings. The fourth-order valence-electron chi connectivity index (χ4n) is 4.17. The number of carbonyl (C=O) groups excluding carboxylic acids is 1. The lowest BCUT2D eigenvalue weighted by atomic mass is 9.95. The van der Waals surface area contributed by atoms with Crippen LogP contribution in [-0.2, 0) is 13.0 Å². The van der Waals surface area contributed by atoms with Gasteiger partial charge in [0.25, 0.3) is 11.6 Å². The number of nitro benzene ring substituents is 1. The molecule has 2 aliphatic heterocycles. The second-order valence-corrected chi connectivity index (χ2v) is 7.34. The van der Waals surface area contributed by atoms with Crippen LogP contribution in [0.15, 0.2) is 48.5 Å². The van der Waals surface area contributed by atoms with Gasteiger partial charge in [-0.1, -0.05) is 24.3 Å². The average Bonchev–Trinajstić information content (AvgIpc) is 2.73. The van der Waals surface area contributed by atoms with E-state index in [0.29, 0.717) is 11.6 Å². The zero-order valence-corrected chi connectivity index (χ0v) is 15.2. The maximum absolute atomic E-state index is 12.8.